The highest BCUT2D eigenvalue weighted by Crippen LogP contribution is 2.24. The number of likely N-dealkylation sites (N-methyl/N-ethyl adjacent to an activating group) is 1. The molecule has 21 heavy (non-hydrogen) atoms. The molecule has 1 N–H and O–H groups in total. The highest BCUT2D eigenvalue weighted by molar-refractivity contribution is 9.10. The second-order valence-electron chi connectivity index (χ2n) is 7.02. The Morgan fingerprint density at radius 2 is 2.10 bits per heavy atom. The van der Waals surface area contributed by atoms with Gasteiger partial charge in [0, 0.05) is 54.0 Å². The van der Waals surface area contributed by atoms with Gasteiger partial charge in [-0.1, -0.05) is 0 Å². The molecule has 1 aliphatic rings. The first-order chi connectivity index (χ1) is 9.76. The van der Waals surface area contributed by atoms with Crippen molar-refractivity contribution in [2.45, 2.75) is 45.8 Å². The van der Waals surface area contributed by atoms with Crippen LogP contribution in [-0.4, -0.2) is 48.1 Å². The maximum Gasteiger partial charge on any atom is 0.133 e. The third kappa shape index (κ3) is 4.66. The SMILES string of the molecule is CC1CN(c2ncc(Br)cc2CNC(C)(C)C)CCN1C. The van der Waals surface area contributed by atoms with Gasteiger partial charge in [-0.2, -0.15) is 0 Å². The van der Waals surface area contributed by atoms with Crippen LogP contribution in [0.25, 0.3) is 0 Å². The third-order valence-corrected chi connectivity index (χ3v) is 4.41. The van der Waals surface area contributed by atoms with Gasteiger partial charge in [0.05, 0.1) is 0 Å². The Morgan fingerprint density at radius 3 is 2.71 bits per heavy atom. The fourth-order valence-corrected chi connectivity index (χ4v) is 2.87. The van der Waals surface area contributed by atoms with Crippen molar-refractivity contribution < 1.29 is 0 Å². The number of piperazine rings is 1. The maximum atomic E-state index is 4.68. The van der Waals surface area contributed by atoms with Gasteiger partial charge in [-0.15, -0.1) is 0 Å². The van der Waals surface area contributed by atoms with Crippen molar-refractivity contribution in [3.05, 3.63) is 22.3 Å². The van der Waals surface area contributed by atoms with Gasteiger partial charge in [-0.25, -0.2) is 4.98 Å². The van der Waals surface area contributed by atoms with Gasteiger partial charge in [-0.3, -0.25) is 0 Å². The molecule has 1 fully saturated rings. The number of halogens is 1. The minimum absolute atomic E-state index is 0.106. The second-order valence-corrected chi connectivity index (χ2v) is 7.93. The zero-order valence-electron chi connectivity index (χ0n) is 13.8. The molecule has 2 rings (SSSR count). The quantitative estimate of drug-likeness (QED) is 0.904. The lowest BCUT2D eigenvalue weighted by Gasteiger charge is -2.39. The van der Waals surface area contributed by atoms with Crippen molar-refractivity contribution in [2.75, 3.05) is 31.6 Å². The topological polar surface area (TPSA) is 31.4 Å². The third-order valence-electron chi connectivity index (χ3n) is 3.98. The van der Waals surface area contributed by atoms with Crippen molar-refractivity contribution in [1.82, 2.24) is 15.2 Å². The first kappa shape index (κ1) is 16.7. The summed E-state index contributed by atoms with van der Waals surface area (Å²) < 4.78 is 1.04. The molecule has 0 saturated carbocycles. The van der Waals surface area contributed by atoms with Crippen LogP contribution in [0.2, 0.25) is 0 Å². The molecule has 1 atom stereocenters. The molecular weight excluding hydrogens is 328 g/mol. The van der Waals surface area contributed by atoms with Crippen molar-refractivity contribution in [1.29, 1.82) is 0 Å². The van der Waals surface area contributed by atoms with Crippen molar-refractivity contribution in [3.8, 4) is 0 Å². The minimum Gasteiger partial charge on any atom is -0.354 e. The summed E-state index contributed by atoms with van der Waals surface area (Å²) in [7, 11) is 2.19. The van der Waals surface area contributed by atoms with E-state index in [2.05, 4.69) is 76.8 Å². The van der Waals surface area contributed by atoms with Crippen LogP contribution in [0.1, 0.15) is 33.3 Å². The molecular formula is C16H27BrN4. The number of aromatic nitrogens is 1. The zero-order valence-corrected chi connectivity index (χ0v) is 15.4. The zero-order chi connectivity index (χ0) is 15.6. The molecule has 0 aliphatic carbocycles. The van der Waals surface area contributed by atoms with Gasteiger partial charge in [-0.05, 0) is 56.7 Å². The summed E-state index contributed by atoms with van der Waals surface area (Å²) in [5.74, 6) is 1.12. The molecule has 4 nitrogen and oxygen atoms in total. The molecule has 0 aromatic carbocycles. The van der Waals surface area contributed by atoms with Gasteiger partial charge >= 0.3 is 0 Å². The van der Waals surface area contributed by atoms with Gasteiger partial charge < -0.3 is 15.1 Å². The lowest BCUT2D eigenvalue weighted by molar-refractivity contribution is 0.233. The van der Waals surface area contributed by atoms with Crippen LogP contribution in [0.3, 0.4) is 0 Å². The Labute approximate surface area is 137 Å². The summed E-state index contributed by atoms with van der Waals surface area (Å²) in [6.07, 6.45) is 1.90. The van der Waals surface area contributed by atoms with Gasteiger partial charge in [0.25, 0.3) is 0 Å². The summed E-state index contributed by atoms with van der Waals surface area (Å²) in [6, 6.07) is 2.75. The summed E-state index contributed by atoms with van der Waals surface area (Å²) in [5.41, 5.74) is 1.37. The van der Waals surface area contributed by atoms with Crippen molar-refractivity contribution in [3.63, 3.8) is 0 Å². The summed E-state index contributed by atoms with van der Waals surface area (Å²) in [6.45, 7) is 12.9. The molecule has 1 aromatic rings. The van der Waals surface area contributed by atoms with E-state index in [1.165, 1.54) is 5.56 Å². The number of hydrogen-bond acceptors (Lipinski definition) is 4. The lowest BCUT2D eigenvalue weighted by Crippen LogP contribution is -2.50. The van der Waals surface area contributed by atoms with Crippen LogP contribution < -0.4 is 10.2 Å². The van der Waals surface area contributed by atoms with E-state index < -0.39 is 0 Å². The van der Waals surface area contributed by atoms with E-state index in [1.807, 2.05) is 6.20 Å². The number of nitrogens with one attached hydrogen (secondary N) is 1. The largest absolute Gasteiger partial charge is 0.354 e. The predicted octanol–water partition coefficient (Wildman–Crippen LogP) is 2.87. The van der Waals surface area contributed by atoms with Gasteiger partial charge in [0.1, 0.15) is 5.82 Å². The monoisotopic (exact) mass is 354 g/mol. The highest BCUT2D eigenvalue weighted by atomic mass is 79.9. The predicted molar refractivity (Wildman–Crippen MR) is 92.8 cm³/mol. The fourth-order valence-electron chi connectivity index (χ4n) is 2.49. The molecule has 2 heterocycles. The summed E-state index contributed by atoms with van der Waals surface area (Å²) in [4.78, 5) is 9.50. The Morgan fingerprint density at radius 1 is 1.38 bits per heavy atom. The van der Waals surface area contributed by atoms with Crippen LogP contribution in [-0.2, 0) is 6.54 Å². The summed E-state index contributed by atoms with van der Waals surface area (Å²) in [5, 5.41) is 3.57. The second kappa shape index (κ2) is 6.63. The van der Waals surface area contributed by atoms with E-state index in [9.17, 15) is 0 Å². The molecule has 1 aliphatic heterocycles. The molecule has 118 valence electrons. The van der Waals surface area contributed by atoms with Crippen LogP contribution in [0.5, 0.6) is 0 Å². The number of rotatable bonds is 3. The Balaban J connectivity index is 2.18. The van der Waals surface area contributed by atoms with Crippen molar-refractivity contribution in [2.24, 2.45) is 0 Å². The van der Waals surface area contributed by atoms with Gasteiger partial charge in [0.2, 0.25) is 0 Å². The molecule has 1 aromatic heterocycles. The van der Waals surface area contributed by atoms with Crippen molar-refractivity contribution >= 4 is 21.7 Å². The molecule has 5 heteroatoms. The van der Waals surface area contributed by atoms with Crippen LogP contribution in [0, 0.1) is 0 Å². The molecule has 0 amide bonds. The average Bonchev–Trinajstić information content (AvgIpc) is 2.39. The number of pyridine rings is 1. The minimum atomic E-state index is 0.106. The van der Waals surface area contributed by atoms with Crippen LogP contribution in [0.4, 0.5) is 5.82 Å². The molecule has 0 spiro atoms. The first-order valence-corrected chi connectivity index (χ1v) is 8.40. The Hall–Kier alpha value is -0.650. The summed E-state index contributed by atoms with van der Waals surface area (Å²) >= 11 is 3.55. The molecule has 0 radical (unpaired) electrons. The number of nitrogens with zero attached hydrogens (tertiary/aromatic N) is 3. The van der Waals surface area contributed by atoms with Crippen LogP contribution >= 0.6 is 15.9 Å². The van der Waals surface area contributed by atoms with Gasteiger partial charge in [0.15, 0.2) is 0 Å². The molecule has 0 bridgehead atoms. The normalized spacial score (nSPS) is 20.9. The smallest absolute Gasteiger partial charge is 0.133 e. The first-order valence-electron chi connectivity index (χ1n) is 7.61. The Bertz CT molecular complexity index is 484. The number of hydrogen-bond donors (Lipinski definition) is 1. The van der Waals surface area contributed by atoms with E-state index in [0.29, 0.717) is 6.04 Å². The standard InChI is InChI=1S/C16H27BrN4/c1-12-11-21(7-6-20(12)5)15-13(8-14(17)10-18-15)9-19-16(2,3)4/h8,10,12,19H,6-7,9,11H2,1-5H3. The lowest BCUT2D eigenvalue weighted by atomic mass is 10.1. The fraction of sp³-hybridized carbons (Fsp3) is 0.688. The molecule has 1 unspecified atom stereocenters. The molecule has 1 saturated heterocycles. The van der Waals surface area contributed by atoms with E-state index in [0.717, 1.165) is 36.5 Å². The van der Waals surface area contributed by atoms with E-state index in [-0.39, 0.29) is 5.54 Å². The van der Waals surface area contributed by atoms with E-state index in [4.69, 9.17) is 0 Å². The van der Waals surface area contributed by atoms with Crippen LogP contribution in [0.15, 0.2) is 16.7 Å². The average molecular weight is 355 g/mol. The number of anilines is 1. The maximum absolute atomic E-state index is 4.68. The highest BCUT2D eigenvalue weighted by Gasteiger charge is 2.23. The Kier molecular flexibility index (Phi) is 5.28. The van der Waals surface area contributed by atoms with E-state index >= 15 is 0 Å². The van der Waals surface area contributed by atoms with E-state index in [1.54, 1.807) is 0 Å².